The van der Waals surface area contributed by atoms with Crippen molar-refractivity contribution in [2.45, 2.75) is 52.0 Å². The van der Waals surface area contributed by atoms with Gasteiger partial charge in [-0.25, -0.2) is 0 Å². The highest BCUT2D eigenvalue weighted by molar-refractivity contribution is 6.04. The molecular formula is C21H26IN. The Labute approximate surface area is 156 Å². The van der Waals surface area contributed by atoms with E-state index in [1.54, 1.807) is 0 Å². The van der Waals surface area contributed by atoms with Gasteiger partial charge in [0.25, 0.3) is 0 Å². The SMILES string of the molecule is CCCCCCCC[n+]1cccc2c3ccccc3ccc21.[I-]. The molecule has 2 aromatic carbocycles. The minimum Gasteiger partial charge on any atom is -1.00 e. The van der Waals surface area contributed by atoms with Crippen LogP contribution >= 0.6 is 0 Å². The highest BCUT2D eigenvalue weighted by atomic mass is 127. The highest BCUT2D eigenvalue weighted by Crippen LogP contribution is 2.22. The molecule has 0 radical (unpaired) electrons. The molecule has 3 aromatic rings. The molecule has 0 spiro atoms. The van der Waals surface area contributed by atoms with E-state index in [1.165, 1.54) is 60.2 Å². The largest absolute Gasteiger partial charge is 1.00 e. The summed E-state index contributed by atoms with van der Waals surface area (Å²) >= 11 is 0. The summed E-state index contributed by atoms with van der Waals surface area (Å²) in [6.45, 7) is 3.40. The van der Waals surface area contributed by atoms with Crippen molar-refractivity contribution in [3.63, 3.8) is 0 Å². The van der Waals surface area contributed by atoms with Gasteiger partial charge >= 0.3 is 0 Å². The van der Waals surface area contributed by atoms with Crippen LogP contribution in [-0.4, -0.2) is 0 Å². The van der Waals surface area contributed by atoms with E-state index in [0.29, 0.717) is 0 Å². The minimum absolute atomic E-state index is 0. The van der Waals surface area contributed by atoms with E-state index in [2.05, 4.69) is 66.2 Å². The zero-order valence-electron chi connectivity index (χ0n) is 14.0. The standard InChI is InChI=1S/C21H26N.HI/c1-2-3-4-5-6-9-16-22-17-10-13-20-19-12-8-7-11-18(19)14-15-21(20)22;/h7-8,10-15,17H,2-6,9,16H2,1H3;1H/q+1;/p-1. The second-order valence-electron chi connectivity index (χ2n) is 6.19. The summed E-state index contributed by atoms with van der Waals surface area (Å²) in [4.78, 5) is 0. The summed E-state index contributed by atoms with van der Waals surface area (Å²) in [5.74, 6) is 0. The van der Waals surface area contributed by atoms with Crippen molar-refractivity contribution < 1.29 is 28.5 Å². The molecule has 122 valence electrons. The van der Waals surface area contributed by atoms with Crippen molar-refractivity contribution in [2.24, 2.45) is 0 Å². The zero-order chi connectivity index (χ0) is 15.2. The third kappa shape index (κ3) is 4.43. The molecule has 0 saturated heterocycles. The molecule has 0 N–H and O–H groups in total. The van der Waals surface area contributed by atoms with E-state index in [1.807, 2.05) is 0 Å². The van der Waals surface area contributed by atoms with Crippen molar-refractivity contribution >= 4 is 21.7 Å². The van der Waals surface area contributed by atoms with Gasteiger partial charge in [-0.1, -0.05) is 56.9 Å². The Morgan fingerprint density at radius 1 is 0.739 bits per heavy atom. The number of unbranched alkanes of at least 4 members (excludes halogenated alkanes) is 5. The first-order chi connectivity index (χ1) is 10.9. The predicted octanol–water partition coefficient (Wildman–Crippen LogP) is 2.65. The van der Waals surface area contributed by atoms with Crippen molar-refractivity contribution in [1.82, 2.24) is 0 Å². The number of aryl methyl sites for hydroxylation is 1. The number of fused-ring (bicyclic) bond motifs is 3. The Balaban J connectivity index is 0.00000192. The predicted molar refractivity (Wildman–Crippen MR) is 95.0 cm³/mol. The molecule has 23 heavy (non-hydrogen) atoms. The van der Waals surface area contributed by atoms with Gasteiger partial charge in [-0.05, 0) is 29.3 Å². The van der Waals surface area contributed by atoms with Crippen LogP contribution in [0.5, 0.6) is 0 Å². The number of nitrogens with zero attached hydrogens (tertiary/aromatic N) is 1. The molecule has 0 aliphatic carbocycles. The minimum atomic E-state index is 0. The molecule has 1 aromatic heterocycles. The lowest BCUT2D eigenvalue weighted by Crippen LogP contribution is -3.00. The van der Waals surface area contributed by atoms with Crippen LogP contribution in [0.2, 0.25) is 0 Å². The van der Waals surface area contributed by atoms with E-state index in [-0.39, 0.29) is 24.0 Å². The fourth-order valence-electron chi connectivity index (χ4n) is 3.29. The number of rotatable bonds is 7. The summed E-state index contributed by atoms with van der Waals surface area (Å²) in [6, 6.07) is 17.6. The van der Waals surface area contributed by atoms with Crippen LogP contribution in [0.25, 0.3) is 21.7 Å². The number of halogens is 1. The van der Waals surface area contributed by atoms with Crippen molar-refractivity contribution in [3.8, 4) is 0 Å². The monoisotopic (exact) mass is 419 g/mol. The molecule has 2 heteroatoms. The van der Waals surface area contributed by atoms with Crippen LogP contribution in [0.1, 0.15) is 45.4 Å². The molecule has 3 rings (SSSR count). The van der Waals surface area contributed by atoms with Crippen LogP contribution in [0, 0.1) is 0 Å². The normalized spacial score (nSPS) is 10.8. The number of benzene rings is 2. The van der Waals surface area contributed by atoms with Crippen molar-refractivity contribution in [3.05, 3.63) is 54.7 Å². The van der Waals surface area contributed by atoms with E-state index in [0.717, 1.165) is 6.54 Å². The first-order valence-corrected chi connectivity index (χ1v) is 8.70. The summed E-state index contributed by atoms with van der Waals surface area (Å²) in [6.07, 6.45) is 10.3. The molecule has 0 saturated carbocycles. The molecule has 0 atom stereocenters. The number of hydrogen-bond donors (Lipinski definition) is 0. The first-order valence-electron chi connectivity index (χ1n) is 8.70. The summed E-state index contributed by atoms with van der Waals surface area (Å²) in [7, 11) is 0. The summed E-state index contributed by atoms with van der Waals surface area (Å²) < 4.78 is 2.42. The van der Waals surface area contributed by atoms with Gasteiger partial charge in [-0.2, -0.15) is 4.57 Å². The first kappa shape index (κ1) is 18.2. The zero-order valence-corrected chi connectivity index (χ0v) is 16.1. The van der Waals surface area contributed by atoms with Gasteiger partial charge in [0.05, 0.1) is 5.39 Å². The Hall–Kier alpha value is -1.16. The summed E-state index contributed by atoms with van der Waals surface area (Å²) in [5.41, 5.74) is 1.36. The molecule has 1 nitrogen and oxygen atoms in total. The molecule has 0 bridgehead atoms. The third-order valence-corrected chi connectivity index (χ3v) is 4.54. The smallest absolute Gasteiger partial charge is 0.213 e. The third-order valence-electron chi connectivity index (χ3n) is 4.54. The molecular weight excluding hydrogens is 393 g/mol. The average molecular weight is 419 g/mol. The van der Waals surface area contributed by atoms with Crippen LogP contribution in [0.15, 0.2) is 54.7 Å². The quantitative estimate of drug-likeness (QED) is 0.240. The number of aromatic nitrogens is 1. The van der Waals surface area contributed by atoms with Gasteiger partial charge in [0.1, 0.15) is 6.54 Å². The van der Waals surface area contributed by atoms with Crippen LogP contribution in [0.3, 0.4) is 0 Å². The Kier molecular flexibility index (Phi) is 7.28. The van der Waals surface area contributed by atoms with E-state index in [4.69, 9.17) is 0 Å². The summed E-state index contributed by atoms with van der Waals surface area (Å²) in [5, 5.41) is 4.05. The lowest BCUT2D eigenvalue weighted by Gasteiger charge is -2.05. The average Bonchev–Trinajstić information content (AvgIpc) is 2.58. The lowest BCUT2D eigenvalue weighted by atomic mass is 10.0. The Morgan fingerprint density at radius 3 is 2.35 bits per heavy atom. The van der Waals surface area contributed by atoms with Gasteiger partial charge in [0.15, 0.2) is 6.20 Å². The maximum Gasteiger partial charge on any atom is 0.213 e. The van der Waals surface area contributed by atoms with Gasteiger partial charge < -0.3 is 24.0 Å². The van der Waals surface area contributed by atoms with Gasteiger partial charge in [0.2, 0.25) is 5.52 Å². The molecule has 0 amide bonds. The van der Waals surface area contributed by atoms with Crippen molar-refractivity contribution in [1.29, 1.82) is 0 Å². The van der Waals surface area contributed by atoms with Crippen LogP contribution in [-0.2, 0) is 6.54 Å². The fraction of sp³-hybridized carbons (Fsp3) is 0.381. The van der Waals surface area contributed by atoms with Gasteiger partial charge in [-0.3, -0.25) is 0 Å². The van der Waals surface area contributed by atoms with Crippen molar-refractivity contribution in [2.75, 3.05) is 0 Å². The molecule has 0 aliphatic rings. The molecule has 0 unspecified atom stereocenters. The number of hydrogen-bond acceptors (Lipinski definition) is 0. The maximum absolute atomic E-state index is 2.42. The van der Waals surface area contributed by atoms with Gasteiger partial charge in [0, 0.05) is 18.6 Å². The van der Waals surface area contributed by atoms with E-state index >= 15 is 0 Å². The number of pyridine rings is 1. The van der Waals surface area contributed by atoms with Crippen LogP contribution in [0.4, 0.5) is 0 Å². The Bertz CT molecular complexity index is 751. The van der Waals surface area contributed by atoms with E-state index in [9.17, 15) is 0 Å². The molecule has 0 aliphatic heterocycles. The lowest BCUT2D eigenvalue weighted by molar-refractivity contribution is -0.671. The van der Waals surface area contributed by atoms with E-state index < -0.39 is 0 Å². The van der Waals surface area contributed by atoms with Crippen LogP contribution < -0.4 is 28.5 Å². The second kappa shape index (κ2) is 9.21. The second-order valence-corrected chi connectivity index (χ2v) is 6.19. The Morgan fingerprint density at radius 2 is 1.48 bits per heavy atom. The van der Waals surface area contributed by atoms with Gasteiger partial charge in [-0.15, -0.1) is 0 Å². The molecule has 0 fully saturated rings. The fourth-order valence-corrected chi connectivity index (χ4v) is 3.29. The maximum atomic E-state index is 2.42. The topological polar surface area (TPSA) is 3.88 Å². The highest BCUT2D eigenvalue weighted by Gasteiger charge is 2.10. The molecule has 1 heterocycles.